The molecular weight excluding hydrogens is 534 g/mol. The summed E-state index contributed by atoms with van der Waals surface area (Å²) in [5.41, 5.74) is -2.58. The second kappa shape index (κ2) is 10.4. The summed E-state index contributed by atoms with van der Waals surface area (Å²) < 4.78 is 87.7. The Morgan fingerprint density at radius 1 is 0.919 bits per heavy atom. The number of hydrogen-bond acceptors (Lipinski definition) is 8. The number of anilines is 3. The molecule has 0 spiro atoms. The molecule has 1 aromatic carbocycles. The molecule has 37 heavy (non-hydrogen) atoms. The number of benzene rings is 1. The van der Waals surface area contributed by atoms with Gasteiger partial charge in [0.2, 0.25) is 0 Å². The van der Waals surface area contributed by atoms with Crippen LogP contribution in [0.4, 0.5) is 43.5 Å². The summed E-state index contributed by atoms with van der Waals surface area (Å²) in [5, 5.41) is 7.76. The number of halogens is 7. The average molecular weight is 553 g/mol. The number of nitrogens with zero attached hydrogens (tertiary/aromatic N) is 1. The minimum absolute atomic E-state index is 0.0239. The molecule has 1 saturated heterocycles. The van der Waals surface area contributed by atoms with E-state index in [1.807, 2.05) is 0 Å². The molecule has 0 unspecified atom stereocenters. The molecule has 200 valence electrons. The maximum absolute atomic E-state index is 13.2. The maximum atomic E-state index is 13.2. The Bertz CT molecular complexity index is 1210. The van der Waals surface area contributed by atoms with Gasteiger partial charge >= 0.3 is 24.3 Å². The van der Waals surface area contributed by atoms with Gasteiger partial charge in [-0.3, -0.25) is 0 Å². The van der Waals surface area contributed by atoms with Crippen LogP contribution < -0.4 is 16.0 Å². The van der Waals surface area contributed by atoms with Crippen molar-refractivity contribution < 1.29 is 45.4 Å². The number of aromatic nitrogens is 1. The van der Waals surface area contributed by atoms with E-state index >= 15 is 0 Å². The number of ether oxygens (including phenoxy) is 2. The molecule has 0 amide bonds. The first-order chi connectivity index (χ1) is 17.1. The zero-order valence-electron chi connectivity index (χ0n) is 19.1. The number of hydrogen-bond donors (Lipinski definition) is 3. The van der Waals surface area contributed by atoms with Crippen molar-refractivity contribution in [1.29, 1.82) is 0 Å². The molecule has 1 fully saturated rings. The molecule has 1 aliphatic heterocycles. The van der Waals surface area contributed by atoms with E-state index in [1.54, 1.807) is 0 Å². The lowest BCUT2D eigenvalue weighted by molar-refractivity contribution is -0.222. The fourth-order valence-electron chi connectivity index (χ4n) is 3.02. The summed E-state index contributed by atoms with van der Waals surface area (Å²) in [6.07, 6.45) is -7.82. The molecule has 1 aromatic heterocycles. The molecule has 0 atom stereocenters. The van der Waals surface area contributed by atoms with Crippen LogP contribution in [0.25, 0.3) is 0 Å². The molecular formula is C22H19ClF6N4O4. The average Bonchev–Trinajstić information content (AvgIpc) is 2.75. The number of pyridine rings is 1. The fraction of sp³-hybridized carbons (Fsp3) is 0.318. The Hall–Kier alpha value is -3.68. The maximum Gasteiger partial charge on any atom is 0.417 e. The number of esters is 2. The van der Waals surface area contributed by atoms with Crippen LogP contribution in [-0.2, 0) is 31.4 Å². The van der Waals surface area contributed by atoms with E-state index in [9.17, 15) is 35.9 Å². The van der Waals surface area contributed by atoms with Crippen LogP contribution in [0.2, 0.25) is 5.02 Å². The number of alkyl halides is 6. The summed E-state index contributed by atoms with van der Waals surface area (Å²) in [6.45, 7) is 2.80. The number of cyclic esters (lactones) is 2. The highest BCUT2D eigenvalue weighted by Crippen LogP contribution is 2.35. The molecule has 0 radical (unpaired) electrons. The van der Waals surface area contributed by atoms with Gasteiger partial charge in [-0.05, 0) is 24.3 Å². The molecule has 2 aromatic rings. The highest BCUT2D eigenvalue weighted by molar-refractivity contribution is 6.33. The minimum atomic E-state index is -4.68. The first-order valence-electron chi connectivity index (χ1n) is 10.4. The van der Waals surface area contributed by atoms with E-state index in [1.165, 1.54) is 13.8 Å². The zero-order valence-corrected chi connectivity index (χ0v) is 19.9. The van der Waals surface area contributed by atoms with Gasteiger partial charge < -0.3 is 25.4 Å². The Kier molecular flexibility index (Phi) is 7.81. The summed E-state index contributed by atoms with van der Waals surface area (Å²) in [6, 6.07) is 3.39. The van der Waals surface area contributed by atoms with Crippen molar-refractivity contribution in [3.8, 4) is 0 Å². The van der Waals surface area contributed by atoms with Gasteiger partial charge in [0.15, 0.2) is 5.57 Å². The molecule has 3 rings (SSSR count). The first kappa shape index (κ1) is 27.9. The molecule has 0 saturated carbocycles. The molecule has 8 nitrogen and oxygen atoms in total. The van der Waals surface area contributed by atoms with Crippen molar-refractivity contribution in [3.05, 3.63) is 58.4 Å². The molecule has 2 heterocycles. The number of carbonyl (C=O) groups is 2. The predicted molar refractivity (Wildman–Crippen MR) is 121 cm³/mol. The Morgan fingerprint density at radius 3 is 2.08 bits per heavy atom. The lowest BCUT2D eigenvalue weighted by Gasteiger charge is -2.29. The van der Waals surface area contributed by atoms with Gasteiger partial charge in [0.25, 0.3) is 5.79 Å². The number of carbonyl (C=O) groups excluding carboxylic acids is 2. The van der Waals surface area contributed by atoms with Gasteiger partial charge in [-0.1, -0.05) is 11.6 Å². The molecule has 3 N–H and O–H groups in total. The van der Waals surface area contributed by atoms with E-state index in [0.29, 0.717) is 12.3 Å². The predicted octanol–water partition coefficient (Wildman–Crippen LogP) is 5.43. The first-order valence-corrected chi connectivity index (χ1v) is 10.8. The van der Waals surface area contributed by atoms with Crippen LogP contribution in [0, 0.1) is 0 Å². The summed E-state index contributed by atoms with van der Waals surface area (Å²) in [4.78, 5) is 27.8. The van der Waals surface area contributed by atoms with Crippen molar-refractivity contribution in [3.63, 3.8) is 0 Å². The summed E-state index contributed by atoms with van der Waals surface area (Å²) in [5.74, 6) is -3.57. The van der Waals surface area contributed by atoms with E-state index in [2.05, 4.69) is 20.9 Å². The third-order valence-corrected chi connectivity index (χ3v) is 5.03. The largest absolute Gasteiger partial charge is 0.419 e. The lowest BCUT2D eigenvalue weighted by Crippen LogP contribution is -2.42. The SMILES string of the molecule is CC1(C)OC(=O)C(=CNc2cc(C(F)(F)F)ccc2NCCNc2ncc(C(F)(F)F)cc2Cl)C(=O)O1. The van der Waals surface area contributed by atoms with Crippen LogP contribution in [0.5, 0.6) is 0 Å². The highest BCUT2D eigenvalue weighted by Gasteiger charge is 2.39. The van der Waals surface area contributed by atoms with Crippen LogP contribution >= 0.6 is 11.6 Å². The van der Waals surface area contributed by atoms with Crippen LogP contribution in [0.15, 0.2) is 42.2 Å². The number of rotatable bonds is 7. The van der Waals surface area contributed by atoms with E-state index < -0.39 is 46.8 Å². The van der Waals surface area contributed by atoms with Crippen molar-refractivity contribution in [1.82, 2.24) is 4.98 Å². The smallest absolute Gasteiger partial charge is 0.417 e. The third-order valence-electron chi connectivity index (χ3n) is 4.74. The quantitative estimate of drug-likeness (QED) is 0.137. The summed E-state index contributed by atoms with van der Waals surface area (Å²) in [7, 11) is 0. The van der Waals surface area contributed by atoms with Gasteiger partial charge in [-0.2, -0.15) is 26.3 Å². The fourth-order valence-corrected chi connectivity index (χ4v) is 3.26. The summed E-state index contributed by atoms with van der Waals surface area (Å²) >= 11 is 5.83. The van der Waals surface area contributed by atoms with Gasteiger partial charge in [0.05, 0.1) is 27.5 Å². The highest BCUT2D eigenvalue weighted by atomic mass is 35.5. The normalized spacial score (nSPS) is 15.5. The van der Waals surface area contributed by atoms with Crippen molar-refractivity contribution in [2.24, 2.45) is 0 Å². The van der Waals surface area contributed by atoms with Gasteiger partial charge in [-0.25, -0.2) is 14.6 Å². The monoisotopic (exact) mass is 552 g/mol. The zero-order chi connectivity index (χ0) is 27.6. The molecule has 15 heteroatoms. The van der Waals surface area contributed by atoms with Crippen LogP contribution in [-0.4, -0.2) is 35.8 Å². The Balaban J connectivity index is 1.72. The standard InChI is InChI=1S/C22H19ClF6N4O4/c1-20(2)36-18(34)13(19(35)37-20)10-32-16-8-11(21(24,25)26)3-4-15(16)30-5-6-31-17-14(23)7-12(9-33-17)22(27,28)29/h3-4,7-10,30,32H,5-6H2,1-2H3,(H,31,33). The Labute approximate surface area is 211 Å². The number of nitrogens with one attached hydrogen (secondary N) is 3. The molecule has 1 aliphatic rings. The minimum Gasteiger partial charge on any atom is -0.419 e. The van der Waals surface area contributed by atoms with Gasteiger partial charge in [0.1, 0.15) is 5.82 Å². The van der Waals surface area contributed by atoms with E-state index in [-0.39, 0.29) is 35.3 Å². The van der Waals surface area contributed by atoms with Crippen LogP contribution in [0.1, 0.15) is 25.0 Å². The van der Waals surface area contributed by atoms with Crippen molar-refractivity contribution >= 4 is 40.7 Å². The van der Waals surface area contributed by atoms with Gasteiger partial charge in [-0.15, -0.1) is 0 Å². The van der Waals surface area contributed by atoms with Gasteiger partial charge in [0, 0.05) is 39.3 Å². The Morgan fingerprint density at radius 2 is 1.51 bits per heavy atom. The third kappa shape index (κ3) is 7.18. The van der Waals surface area contributed by atoms with Crippen molar-refractivity contribution in [2.45, 2.75) is 32.0 Å². The van der Waals surface area contributed by atoms with Crippen LogP contribution in [0.3, 0.4) is 0 Å². The van der Waals surface area contributed by atoms with Crippen molar-refractivity contribution in [2.75, 3.05) is 29.0 Å². The molecule has 0 aliphatic carbocycles. The second-order valence-electron chi connectivity index (χ2n) is 8.05. The topological polar surface area (TPSA) is 102 Å². The van der Waals surface area contributed by atoms with E-state index in [4.69, 9.17) is 21.1 Å². The second-order valence-corrected chi connectivity index (χ2v) is 8.45. The lowest BCUT2D eigenvalue weighted by atomic mass is 10.1. The molecule has 0 bridgehead atoms. The van der Waals surface area contributed by atoms with E-state index in [0.717, 1.165) is 24.4 Å².